The van der Waals surface area contributed by atoms with E-state index in [4.69, 9.17) is 22.1 Å². The molecule has 0 heterocycles. The summed E-state index contributed by atoms with van der Waals surface area (Å²) in [6, 6.07) is 13.2. The van der Waals surface area contributed by atoms with Gasteiger partial charge in [0.1, 0.15) is 5.75 Å². The van der Waals surface area contributed by atoms with Crippen molar-refractivity contribution >= 4 is 29.1 Å². The van der Waals surface area contributed by atoms with Crippen molar-refractivity contribution in [1.82, 2.24) is 0 Å². The van der Waals surface area contributed by atoms with Gasteiger partial charge >= 0.3 is 0 Å². The Bertz CT molecular complexity index is 686. The van der Waals surface area contributed by atoms with E-state index >= 15 is 0 Å². The van der Waals surface area contributed by atoms with Gasteiger partial charge in [0.15, 0.2) is 6.10 Å². The molecule has 0 saturated carbocycles. The molecule has 0 unspecified atom stereocenters. The van der Waals surface area contributed by atoms with E-state index in [1.807, 2.05) is 0 Å². The van der Waals surface area contributed by atoms with Crippen molar-refractivity contribution in [3.8, 4) is 5.75 Å². The van der Waals surface area contributed by atoms with Gasteiger partial charge < -0.3 is 15.8 Å². The fourth-order valence-electron chi connectivity index (χ4n) is 1.79. The Morgan fingerprint density at radius 3 is 2.41 bits per heavy atom. The monoisotopic (exact) mass is 318 g/mol. The van der Waals surface area contributed by atoms with E-state index in [1.54, 1.807) is 55.5 Å². The largest absolute Gasteiger partial charge is 0.480 e. The molecule has 0 bridgehead atoms. The van der Waals surface area contributed by atoms with Gasteiger partial charge in [-0.25, -0.2) is 0 Å². The maximum absolute atomic E-state index is 12.1. The molecule has 0 aliphatic rings. The number of anilines is 1. The molecule has 0 spiro atoms. The smallest absolute Gasteiger partial charge is 0.265 e. The van der Waals surface area contributed by atoms with Gasteiger partial charge in [0.25, 0.3) is 11.8 Å². The van der Waals surface area contributed by atoms with Crippen molar-refractivity contribution in [2.45, 2.75) is 13.0 Å². The van der Waals surface area contributed by atoms with E-state index in [-0.39, 0.29) is 17.2 Å². The zero-order chi connectivity index (χ0) is 16.1. The van der Waals surface area contributed by atoms with Crippen LogP contribution >= 0.6 is 11.6 Å². The lowest BCUT2D eigenvalue weighted by Gasteiger charge is -2.16. The second-order valence-corrected chi connectivity index (χ2v) is 5.05. The molecule has 0 saturated heterocycles. The molecule has 3 N–H and O–H groups in total. The van der Waals surface area contributed by atoms with Crippen LogP contribution in [0.15, 0.2) is 48.5 Å². The van der Waals surface area contributed by atoms with E-state index in [1.165, 1.54) is 0 Å². The van der Waals surface area contributed by atoms with Crippen molar-refractivity contribution in [3.63, 3.8) is 0 Å². The molecule has 2 aromatic carbocycles. The van der Waals surface area contributed by atoms with Crippen LogP contribution < -0.4 is 15.8 Å². The van der Waals surface area contributed by atoms with Crippen LogP contribution in [0.2, 0.25) is 5.02 Å². The zero-order valence-corrected chi connectivity index (χ0v) is 12.6. The van der Waals surface area contributed by atoms with Gasteiger partial charge in [-0.2, -0.15) is 0 Å². The quantitative estimate of drug-likeness (QED) is 0.889. The predicted molar refractivity (Wildman–Crippen MR) is 85.1 cm³/mol. The number of para-hydroxylation sites is 1. The molecule has 22 heavy (non-hydrogen) atoms. The van der Waals surface area contributed by atoms with E-state index in [9.17, 15) is 9.59 Å². The van der Waals surface area contributed by atoms with Gasteiger partial charge in [0.05, 0.1) is 5.56 Å². The predicted octanol–water partition coefficient (Wildman–Crippen LogP) is 2.84. The minimum Gasteiger partial charge on any atom is -0.480 e. The fourth-order valence-corrected chi connectivity index (χ4v) is 1.92. The third-order valence-corrected chi connectivity index (χ3v) is 3.19. The van der Waals surface area contributed by atoms with E-state index in [0.29, 0.717) is 10.7 Å². The van der Waals surface area contributed by atoms with Gasteiger partial charge in [0.2, 0.25) is 0 Å². The highest BCUT2D eigenvalue weighted by atomic mass is 35.5. The Labute approximate surface area is 133 Å². The van der Waals surface area contributed by atoms with Gasteiger partial charge in [-0.05, 0) is 43.3 Å². The summed E-state index contributed by atoms with van der Waals surface area (Å²) in [6.07, 6.45) is -0.795. The molecule has 0 radical (unpaired) electrons. The molecule has 0 fully saturated rings. The maximum Gasteiger partial charge on any atom is 0.265 e. The van der Waals surface area contributed by atoms with Crippen molar-refractivity contribution in [2.75, 3.05) is 5.32 Å². The average molecular weight is 319 g/mol. The molecular formula is C16H15ClN2O3. The number of halogens is 1. The number of carbonyl (C=O) groups is 2. The zero-order valence-electron chi connectivity index (χ0n) is 11.9. The molecule has 0 aromatic heterocycles. The van der Waals surface area contributed by atoms with Crippen molar-refractivity contribution in [2.24, 2.45) is 5.73 Å². The molecule has 0 aliphatic heterocycles. The first-order chi connectivity index (χ1) is 10.5. The van der Waals surface area contributed by atoms with Crippen LogP contribution in [0.1, 0.15) is 17.3 Å². The van der Waals surface area contributed by atoms with E-state index < -0.39 is 12.0 Å². The Hall–Kier alpha value is -2.53. The van der Waals surface area contributed by atoms with Crippen molar-refractivity contribution in [3.05, 3.63) is 59.1 Å². The summed E-state index contributed by atoms with van der Waals surface area (Å²) in [5.74, 6) is -0.684. The second kappa shape index (κ2) is 6.95. The van der Waals surface area contributed by atoms with E-state index in [0.717, 1.165) is 0 Å². The standard InChI is InChI=1S/C16H15ClN2O3/c1-10(16(21)19-12-8-6-11(17)7-9-12)22-14-5-3-2-4-13(14)15(18)20/h2-10H,1H3,(H2,18,20)(H,19,21)/t10-/m0/s1. The van der Waals surface area contributed by atoms with E-state index in [2.05, 4.69) is 5.32 Å². The molecule has 114 valence electrons. The number of nitrogens with two attached hydrogens (primary N) is 1. The fraction of sp³-hybridized carbons (Fsp3) is 0.125. The third-order valence-electron chi connectivity index (χ3n) is 2.94. The first kappa shape index (κ1) is 15.9. The summed E-state index contributed by atoms with van der Waals surface area (Å²) in [5, 5.41) is 3.28. The lowest BCUT2D eigenvalue weighted by molar-refractivity contribution is -0.122. The van der Waals surface area contributed by atoms with Crippen LogP contribution in [0, 0.1) is 0 Å². The summed E-state index contributed by atoms with van der Waals surface area (Å²) in [7, 11) is 0. The van der Waals surface area contributed by atoms with Gasteiger partial charge in [0, 0.05) is 10.7 Å². The SMILES string of the molecule is C[C@H](Oc1ccccc1C(N)=O)C(=O)Nc1ccc(Cl)cc1. The van der Waals surface area contributed by atoms with Crippen LogP contribution in [0.3, 0.4) is 0 Å². The van der Waals surface area contributed by atoms with Crippen LogP contribution in [0.4, 0.5) is 5.69 Å². The van der Waals surface area contributed by atoms with Gasteiger partial charge in [-0.3, -0.25) is 9.59 Å². The molecule has 1 atom stereocenters. The molecule has 2 aromatic rings. The second-order valence-electron chi connectivity index (χ2n) is 4.62. The summed E-state index contributed by atoms with van der Waals surface area (Å²) < 4.78 is 5.53. The average Bonchev–Trinajstić information content (AvgIpc) is 2.49. The number of hydrogen-bond acceptors (Lipinski definition) is 3. The molecule has 2 rings (SSSR count). The van der Waals surface area contributed by atoms with Gasteiger partial charge in [-0.15, -0.1) is 0 Å². The molecule has 2 amide bonds. The van der Waals surface area contributed by atoms with Crippen LogP contribution in [0.25, 0.3) is 0 Å². The first-order valence-electron chi connectivity index (χ1n) is 6.59. The minimum absolute atomic E-state index is 0.230. The number of carbonyl (C=O) groups excluding carboxylic acids is 2. The summed E-state index contributed by atoms with van der Waals surface area (Å²) in [4.78, 5) is 23.4. The minimum atomic E-state index is -0.795. The van der Waals surface area contributed by atoms with Gasteiger partial charge in [-0.1, -0.05) is 23.7 Å². The lowest BCUT2D eigenvalue weighted by Crippen LogP contribution is -2.30. The Morgan fingerprint density at radius 2 is 1.77 bits per heavy atom. The van der Waals surface area contributed by atoms with Crippen LogP contribution in [-0.4, -0.2) is 17.9 Å². The lowest BCUT2D eigenvalue weighted by atomic mass is 10.2. The molecule has 0 aliphatic carbocycles. The highest BCUT2D eigenvalue weighted by Crippen LogP contribution is 2.19. The molecule has 6 heteroatoms. The number of amides is 2. The van der Waals surface area contributed by atoms with Crippen LogP contribution in [0.5, 0.6) is 5.75 Å². The highest BCUT2D eigenvalue weighted by molar-refractivity contribution is 6.30. The number of ether oxygens (including phenoxy) is 1. The number of rotatable bonds is 5. The normalized spacial score (nSPS) is 11.5. The van der Waals surface area contributed by atoms with Crippen molar-refractivity contribution in [1.29, 1.82) is 0 Å². The molecule has 5 nitrogen and oxygen atoms in total. The number of hydrogen-bond donors (Lipinski definition) is 2. The maximum atomic E-state index is 12.1. The highest BCUT2D eigenvalue weighted by Gasteiger charge is 2.17. The summed E-state index contributed by atoms with van der Waals surface area (Å²) in [6.45, 7) is 1.59. The van der Waals surface area contributed by atoms with Crippen molar-refractivity contribution < 1.29 is 14.3 Å². The first-order valence-corrected chi connectivity index (χ1v) is 6.97. The topological polar surface area (TPSA) is 81.4 Å². The summed E-state index contributed by atoms with van der Waals surface area (Å²) in [5.41, 5.74) is 6.11. The number of nitrogens with one attached hydrogen (secondary N) is 1. The molecular weight excluding hydrogens is 304 g/mol. The third kappa shape index (κ3) is 3.99. The number of benzene rings is 2. The van der Waals surface area contributed by atoms with Crippen LogP contribution in [-0.2, 0) is 4.79 Å². The Balaban J connectivity index is 2.05. The number of primary amides is 1. The summed E-state index contributed by atoms with van der Waals surface area (Å²) >= 11 is 5.78. The Kier molecular flexibility index (Phi) is 5.01. The Morgan fingerprint density at radius 1 is 1.14 bits per heavy atom.